The lowest BCUT2D eigenvalue weighted by atomic mass is 9.70. The molecule has 12 rings (SSSR count). The number of methoxy groups -OCH3 is 1. The molecule has 84 heavy (non-hydrogen) atoms. The van der Waals surface area contributed by atoms with Crippen LogP contribution in [-0.2, 0) is 34.9 Å². The molecule has 3 radical (unpaired) electrons. The van der Waals surface area contributed by atoms with Crippen LogP contribution in [0.15, 0.2) is 109 Å². The lowest BCUT2D eigenvalue weighted by molar-refractivity contribution is -0.484. The molecule has 7 aliphatic rings. The monoisotopic (exact) mass is 1160 g/mol. The number of hydrogen-bond acceptors (Lipinski definition) is 11. The number of likely N-dealkylation sites (tertiary alicyclic amines) is 2. The van der Waals surface area contributed by atoms with Gasteiger partial charge in [-0.3, -0.25) is 27.7 Å². The number of allylic oxidation sites excluding steroid dienone is 3. The van der Waals surface area contributed by atoms with E-state index in [1.54, 1.807) is 55.2 Å². The maximum atomic E-state index is 14.3. The Labute approximate surface area is 484 Å². The van der Waals surface area contributed by atoms with Crippen molar-refractivity contribution in [1.29, 1.82) is 5.26 Å². The number of fused-ring (bicyclic) bond motifs is 2. The Kier molecular flexibility index (Phi) is 17.9. The Hall–Kier alpha value is -6.87. The van der Waals surface area contributed by atoms with Gasteiger partial charge in [0.1, 0.15) is 0 Å². The van der Waals surface area contributed by atoms with Crippen molar-refractivity contribution in [2.24, 2.45) is 56.0 Å². The Morgan fingerprint density at radius 1 is 0.738 bits per heavy atom. The van der Waals surface area contributed by atoms with Gasteiger partial charge in [-0.2, -0.15) is 31.6 Å². The van der Waals surface area contributed by atoms with Gasteiger partial charge in [0.2, 0.25) is 0 Å². The highest BCUT2D eigenvalue weighted by Gasteiger charge is 2.47. The van der Waals surface area contributed by atoms with E-state index in [9.17, 15) is 41.2 Å². The zero-order chi connectivity index (χ0) is 59.8. The Balaban J connectivity index is 0.000000182. The van der Waals surface area contributed by atoms with E-state index in [1.165, 1.54) is 33.8 Å². The second-order valence-corrected chi connectivity index (χ2v) is 23.2. The third-order valence-electron chi connectivity index (χ3n) is 17.0. The molecule has 2 aliphatic carbocycles. The highest BCUT2D eigenvalue weighted by molar-refractivity contribution is 5.68. The summed E-state index contributed by atoms with van der Waals surface area (Å²) in [5, 5.41) is 26.6. The second kappa shape index (κ2) is 25.0. The predicted molar refractivity (Wildman–Crippen MR) is 304 cm³/mol. The summed E-state index contributed by atoms with van der Waals surface area (Å²) in [6, 6.07) is 12.0. The SMILES string of the molecule is CC.COC1CC([C@@H]([C]2N=NC=[N+]2C)c2cccc(-n3cc4c(C(F)(F)F)cc(CN5CCC[C@H](C)C5)cn4c3=O)c2)C1.C[C@H]1CCCN(Cc2cc(C(F)(F)F)c3cn(C4=CC(C#N)C=C([C@H]([C]5N=NC=[N+]5C)C5COC5)[CH]4)c(=O)n3c2)C1. The summed E-state index contributed by atoms with van der Waals surface area (Å²) in [7, 11) is 5.43. The summed E-state index contributed by atoms with van der Waals surface area (Å²) in [6.07, 6.45) is 12.4. The molecular weight excluding hydrogens is 1090 g/mol. The van der Waals surface area contributed by atoms with Crippen LogP contribution in [0.4, 0.5) is 26.3 Å². The molecule has 0 bridgehead atoms. The number of azo groups is 2. The van der Waals surface area contributed by atoms with Crippen molar-refractivity contribution in [2.75, 3.05) is 60.6 Å². The number of benzene rings is 1. The maximum Gasteiger partial charge on any atom is 0.418 e. The summed E-state index contributed by atoms with van der Waals surface area (Å²) in [4.78, 5) is 31.7. The molecule has 1 unspecified atom stereocenters. The molecule has 0 spiro atoms. The number of nitrogens with zero attached hydrogens (tertiary/aromatic N) is 13. The zero-order valence-electron chi connectivity index (χ0n) is 48.4. The average molecular weight is 1170 g/mol. The fourth-order valence-electron chi connectivity index (χ4n) is 12.8. The molecule has 5 atom stereocenters. The quantitative estimate of drug-likeness (QED) is 0.0839. The van der Waals surface area contributed by atoms with Crippen LogP contribution in [0.5, 0.6) is 0 Å². The van der Waals surface area contributed by atoms with E-state index in [0.29, 0.717) is 66.8 Å². The molecule has 445 valence electrons. The van der Waals surface area contributed by atoms with Gasteiger partial charge in [-0.25, -0.2) is 18.7 Å². The standard InChI is InChI=1S/C30H35F3N6O2.C29H31F3N7O2.C2H6/c1-19-6-5-9-37(14-19)15-20-10-25(30(31,32)33)26-17-38(29(40)39(26)16-20)23-8-4-7-21(11-23)27(22-12-24(13-22)41-3)28-35-34-18-36(28)2;1-18-4-3-5-37(11-18)12-20-8-24(29(30,31)32)25-14-38(28(40)39(25)13-20)23-7-19(10-33)6-21(9-23)26(22-15-41-16-22)27-35-34-17-36(27)2;1-2/h4,7-8,10-11,16-19,22,24,27H,5-6,9,12-15H2,1-3H3;6-9,13-14,17-19,22,26H,3-5,11-12,15-16H2,1-2H3;1-2H3/q2*+1;/t19-,22?,24?,27-;18-,19?,26-;/m00./s1. The number of imidazole rings is 2. The van der Waals surface area contributed by atoms with Crippen molar-refractivity contribution in [3.8, 4) is 11.8 Å². The number of alkyl halides is 6. The number of halogens is 6. The number of piperidine rings is 2. The van der Waals surface area contributed by atoms with Crippen LogP contribution in [0.2, 0.25) is 0 Å². The second-order valence-electron chi connectivity index (χ2n) is 23.2. The van der Waals surface area contributed by atoms with Crippen LogP contribution < -0.4 is 11.4 Å². The first kappa shape index (κ1) is 60.3. The zero-order valence-corrected chi connectivity index (χ0v) is 48.4. The summed E-state index contributed by atoms with van der Waals surface area (Å²) in [5.41, 5.74) is 0.234. The smallest absolute Gasteiger partial charge is 0.381 e. The van der Waals surface area contributed by atoms with Crippen LogP contribution in [-0.4, -0.2) is 116 Å². The molecule has 3 saturated heterocycles. The normalized spacial score (nSPS) is 24.3. The summed E-state index contributed by atoms with van der Waals surface area (Å²) in [5.74, 6) is 0.283. The van der Waals surface area contributed by atoms with E-state index in [2.05, 4.69) is 50.2 Å². The van der Waals surface area contributed by atoms with Crippen molar-refractivity contribution in [3.63, 3.8) is 0 Å². The molecule has 1 aromatic carbocycles. The Morgan fingerprint density at radius 2 is 1.27 bits per heavy atom. The van der Waals surface area contributed by atoms with Crippen molar-refractivity contribution in [3.05, 3.63) is 146 Å². The molecule has 0 amide bonds. The molecule has 0 N–H and O–H groups in total. The molecule has 5 aromatic rings. The van der Waals surface area contributed by atoms with Gasteiger partial charge in [0.25, 0.3) is 0 Å². The first-order chi connectivity index (χ1) is 40.2. The number of ether oxygens (including phenoxy) is 2. The third kappa shape index (κ3) is 12.6. The summed E-state index contributed by atoms with van der Waals surface area (Å²) in [6.45, 7) is 13.3. The van der Waals surface area contributed by atoms with Gasteiger partial charge in [0.15, 0.2) is 0 Å². The van der Waals surface area contributed by atoms with Crippen molar-refractivity contribution in [2.45, 2.75) is 104 Å². The van der Waals surface area contributed by atoms with E-state index in [-0.39, 0.29) is 40.8 Å². The molecule has 9 heterocycles. The largest absolute Gasteiger partial charge is 0.418 e. The van der Waals surface area contributed by atoms with Crippen LogP contribution in [0.1, 0.15) is 100.0 Å². The summed E-state index contributed by atoms with van der Waals surface area (Å²) >= 11 is 0. The minimum Gasteiger partial charge on any atom is -0.381 e. The Morgan fingerprint density at radius 3 is 1.75 bits per heavy atom. The van der Waals surface area contributed by atoms with Crippen LogP contribution in [0, 0.1) is 65.6 Å². The molecule has 1 saturated carbocycles. The first-order valence-electron chi connectivity index (χ1n) is 28.9. The lowest BCUT2D eigenvalue weighted by Gasteiger charge is -2.39. The molecule has 4 fully saturated rings. The number of likely N-dealkylation sites (N-methyl/N-ethyl adjacent to an activating group) is 1. The third-order valence-corrected chi connectivity index (χ3v) is 17.0. The average Bonchev–Trinajstić information content (AvgIpc) is 3.05. The van der Waals surface area contributed by atoms with E-state index in [1.807, 2.05) is 50.7 Å². The number of nitriles is 1. The molecule has 5 aliphatic heterocycles. The molecule has 4 aromatic heterocycles. The molecule has 17 nitrogen and oxygen atoms in total. The van der Waals surface area contributed by atoms with Gasteiger partial charge in [-0.1, -0.05) is 51.5 Å². The Bertz CT molecular complexity index is 3590. The lowest BCUT2D eigenvalue weighted by Crippen LogP contribution is -2.40. The van der Waals surface area contributed by atoms with Crippen LogP contribution in [0.25, 0.3) is 22.4 Å². The van der Waals surface area contributed by atoms with Gasteiger partial charge in [0.05, 0.1) is 95.3 Å². The number of aromatic nitrogens is 4. The van der Waals surface area contributed by atoms with Crippen LogP contribution >= 0.6 is 0 Å². The van der Waals surface area contributed by atoms with E-state index in [0.717, 1.165) is 96.9 Å². The van der Waals surface area contributed by atoms with E-state index in [4.69, 9.17) is 9.47 Å². The van der Waals surface area contributed by atoms with Gasteiger partial charge in [-0.15, -0.1) is 0 Å². The highest BCUT2D eigenvalue weighted by atomic mass is 19.4. The van der Waals surface area contributed by atoms with E-state index >= 15 is 0 Å². The number of hydrogen-bond donors (Lipinski definition) is 0. The fourth-order valence-corrected chi connectivity index (χ4v) is 12.8. The molecular formula is C61H72F6N13O4+2. The van der Waals surface area contributed by atoms with E-state index < -0.39 is 40.8 Å². The summed E-state index contributed by atoms with van der Waals surface area (Å²) < 4.78 is 105. The van der Waals surface area contributed by atoms with Gasteiger partial charge < -0.3 is 9.47 Å². The highest BCUT2D eigenvalue weighted by Crippen LogP contribution is 2.48. The minimum absolute atomic E-state index is 0.0841. The molecule has 23 heteroatoms. The van der Waals surface area contributed by atoms with Gasteiger partial charge in [-0.05, 0) is 127 Å². The van der Waals surface area contributed by atoms with Crippen molar-refractivity contribution in [1.82, 2.24) is 27.7 Å². The minimum atomic E-state index is -4.65. The number of pyridine rings is 2. The topological polar surface area (TPSA) is 157 Å². The first-order valence-corrected chi connectivity index (χ1v) is 28.9. The number of rotatable bonds is 13. The predicted octanol–water partition coefficient (Wildman–Crippen LogP) is 10.9. The van der Waals surface area contributed by atoms with Crippen LogP contribution in [0.3, 0.4) is 0 Å². The van der Waals surface area contributed by atoms with Crippen molar-refractivity contribution < 1.29 is 45.0 Å². The van der Waals surface area contributed by atoms with Gasteiger partial charge >= 0.3 is 48.7 Å². The maximum absolute atomic E-state index is 14.3. The fraction of sp³-hybridized carbons (Fsp3) is 0.508. The van der Waals surface area contributed by atoms with Crippen molar-refractivity contribution >= 4 is 29.4 Å². The van der Waals surface area contributed by atoms with Gasteiger partial charge in [0, 0.05) is 76.1 Å².